The number of hydrogen-bond donors (Lipinski definition) is 1. The first-order chi connectivity index (χ1) is 15.3. The normalized spacial score (nSPS) is 32.5. The third kappa shape index (κ3) is 3.95. The molecule has 3 aliphatic rings. The molecule has 0 amide bonds. The van der Waals surface area contributed by atoms with E-state index in [1.54, 1.807) is 4.31 Å². The van der Waals surface area contributed by atoms with Crippen LogP contribution in [0.3, 0.4) is 0 Å². The first-order valence-electron chi connectivity index (χ1n) is 11.8. The van der Waals surface area contributed by atoms with E-state index in [0.717, 1.165) is 38.1 Å². The molecule has 0 spiro atoms. The monoisotopic (exact) mass is 488 g/mol. The number of nitrogens with one attached hydrogen (secondary N) is 1. The Balaban J connectivity index is 1.46. The van der Waals surface area contributed by atoms with Crippen LogP contribution in [-0.4, -0.2) is 62.2 Å². The van der Waals surface area contributed by atoms with Crippen LogP contribution in [0, 0.1) is 16.2 Å². The standard InChI is InChI=1S/C23H35F3N4O2S/c1-5-27-18-14-21(4)8-9-22(18,20(21,2)3)16-33(31,32)30-12-10-29(11-13-30)19-7-6-17(15-28-19)23(24,25)26/h6-7,15,18,27H,5,8-14,16H2,1-4H3/t18?,21-,22-/m1/s1. The van der Waals surface area contributed by atoms with Crippen molar-refractivity contribution in [1.29, 1.82) is 0 Å². The summed E-state index contributed by atoms with van der Waals surface area (Å²) < 4.78 is 67.2. The van der Waals surface area contributed by atoms with Gasteiger partial charge in [-0.2, -0.15) is 17.5 Å². The first kappa shape index (κ1) is 24.7. The Hall–Kier alpha value is -1.39. The van der Waals surface area contributed by atoms with Crippen molar-refractivity contribution in [2.24, 2.45) is 16.2 Å². The molecule has 1 N–H and O–H groups in total. The fourth-order valence-corrected chi connectivity index (χ4v) is 8.82. The van der Waals surface area contributed by atoms with E-state index in [-0.39, 0.29) is 28.0 Å². The summed E-state index contributed by atoms with van der Waals surface area (Å²) in [5, 5.41) is 3.59. The second-order valence-corrected chi connectivity index (χ2v) is 12.7. The number of fused-ring (bicyclic) bond motifs is 2. The molecule has 33 heavy (non-hydrogen) atoms. The van der Waals surface area contributed by atoms with Crippen LogP contribution in [-0.2, 0) is 16.2 Å². The predicted octanol–water partition coefficient (Wildman–Crippen LogP) is 3.75. The maximum absolute atomic E-state index is 13.6. The summed E-state index contributed by atoms with van der Waals surface area (Å²) in [4.78, 5) is 5.80. The van der Waals surface area contributed by atoms with E-state index in [0.29, 0.717) is 32.0 Å². The van der Waals surface area contributed by atoms with Crippen LogP contribution in [0.1, 0.15) is 52.5 Å². The van der Waals surface area contributed by atoms with Gasteiger partial charge in [-0.25, -0.2) is 13.4 Å². The average Bonchev–Trinajstić information content (AvgIpc) is 3.02. The number of hydrogen-bond acceptors (Lipinski definition) is 5. The van der Waals surface area contributed by atoms with E-state index in [4.69, 9.17) is 0 Å². The Kier molecular flexibility index (Phi) is 6.06. The Labute approximate surface area is 195 Å². The molecular formula is C23H35F3N4O2S. The van der Waals surface area contributed by atoms with Gasteiger partial charge in [0.05, 0.1) is 11.3 Å². The van der Waals surface area contributed by atoms with Gasteiger partial charge in [-0.1, -0.05) is 27.7 Å². The van der Waals surface area contributed by atoms with Gasteiger partial charge in [0, 0.05) is 43.8 Å². The number of aromatic nitrogens is 1. The van der Waals surface area contributed by atoms with E-state index in [1.165, 1.54) is 6.07 Å². The third-order valence-corrected chi connectivity index (χ3v) is 11.2. The third-order valence-electron chi connectivity index (χ3n) is 9.12. The molecule has 1 unspecified atom stereocenters. The molecule has 1 aromatic rings. The smallest absolute Gasteiger partial charge is 0.354 e. The van der Waals surface area contributed by atoms with Crippen molar-refractivity contribution in [3.63, 3.8) is 0 Å². The van der Waals surface area contributed by atoms with Crippen molar-refractivity contribution in [2.75, 3.05) is 43.4 Å². The minimum atomic E-state index is -4.42. The number of pyridine rings is 1. The lowest BCUT2D eigenvalue weighted by Crippen LogP contribution is -2.55. The van der Waals surface area contributed by atoms with E-state index >= 15 is 0 Å². The van der Waals surface area contributed by atoms with Crippen molar-refractivity contribution in [3.8, 4) is 0 Å². The fraction of sp³-hybridized carbons (Fsp3) is 0.783. The Morgan fingerprint density at radius 2 is 1.79 bits per heavy atom. The topological polar surface area (TPSA) is 65.5 Å². The summed E-state index contributed by atoms with van der Waals surface area (Å²) >= 11 is 0. The second kappa shape index (κ2) is 8.09. The van der Waals surface area contributed by atoms with Crippen molar-refractivity contribution in [2.45, 2.75) is 59.2 Å². The molecule has 3 atom stereocenters. The molecule has 4 rings (SSSR count). The highest BCUT2D eigenvalue weighted by molar-refractivity contribution is 7.89. The van der Waals surface area contributed by atoms with Crippen LogP contribution in [0.15, 0.2) is 18.3 Å². The lowest BCUT2D eigenvalue weighted by atomic mass is 9.65. The van der Waals surface area contributed by atoms with Gasteiger partial charge in [-0.15, -0.1) is 0 Å². The Morgan fingerprint density at radius 1 is 1.12 bits per heavy atom. The number of halogens is 3. The number of anilines is 1. The zero-order valence-electron chi connectivity index (χ0n) is 19.9. The fourth-order valence-electron chi connectivity index (χ4n) is 6.56. The van der Waals surface area contributed by atoms with Gasteiger partial charge < -0.3 is 10.2 Å². The SMILES string of the molecule is CCNC1C[C@@]2(C)CC[C@]1(CS(=O)(=O)N1CCN(c3ccc(C(F)(F)F)cn3)CC1)C2(C)C. The number of rotatable bonds is 6. The molecule has 1 aliphatic heterocycles. The zero-order chi connectivity index (χ0) is 24.3. The van der Waals surface area contributed by atoms with Crippen LogP contribution in [0.5, 0.6) is 0 Å². The molecule has 2 saturated carbocycles. The summed E-state index contributed by atoms with van der Waals surface area (Å²) in [5.74, 6) is 0.577. The summed E-state index contributed by atoms with van der Waals surface area (Å²) in [6.45, 7) is 11.1. The quantitative estimate of drug-likeness (QED) is 0.661. The van der Waals surface area contributed by atoms with Crippen LogP contribution in [0.25, 0.3) is 0 Å². The number of sulfonamides is 1. The van der Waals surface area contributed by atoms with Gasteiger partial charge in [0.25, 0.3) is 0 Å². The summed E-state index contributed by atoms with van der Waals surface area (Å²) in [6.07, 6.45) is -0.644. The average molecular weight is 489 g/mol. The minimum Gasteiger partial charge on any atom is -0.354 e. The lowest BCUT2D eigenvalue weighted by molar-refractivity contribution is -0.137. The predicted molar refractivity (Wildman–Crippen MR) is 122 cm³/mol. The zero-order valence-corrected chi connectivity index (χ0v) is 20.7. The number of alkyl halides is 3. The van der Waals surface area contributed by atoms with E-state index in [2.05, 4.69) is 38.0 Å². The highest BCUT2D eigenvalue weighted by Crippen LogP contribution is 2.72. The highest BCUT2D eigenvalue weighted by atomic mass is 32.2. The van der Waals surface area contributed by atoms with Gasteiger partial charge >= 0.3 is 6.18 Å². The van der Waals surface area contributed by atoms with Gasteiger partial charge in [0.1, 0.15) is 5.82 Å². The van der Waals surface area contributed by atoms with Gasteiger partial charge in [-0.3, -0.25) is 0 Å². The Morgan fingerprint density at radius 3 is 2.30 bits per heavy atom. The molecule has 3 fully saturated rings. The second-order valence-electron chi connectivity index (χ2n) is 10.7. The molecule has 6 nitrogen and oxygen atoms in total. The molecule has 10 heteroatoms. The van der Waals surface area contributed by atoms with Crippen LogP contribution in [0.4, 0.5) is 19.0 Å². The molecule has 1 saturated heterocycles. The van der Waals surface area contributed by atoms with E-state index < -0.39 is 21.8 Å². The first-order valence-corrected chi connectivity index (χ1v) is 13.4. The molecule has 1 aromatic heterocycles. The number of nitrogens with zero attached hydrogens (tertiary/aromatic N) is 3. The van der Waals surface area contributed by atoms with Crippen LogP contribution >= 0.6 is 0 Å². The summed E-state index contributed by atoms with van der Waals surface area (Å²) in [7, 11) is -3.49. The molecule has 186 valence electrons. The summed E-state index contributed by atoms with van der Waals surface area (Å²) in [5.41, 5.74) is -1.05. The van der Waals surface area contributed by atoms with Gasteiger partial charge in [0.15, 0.2) is 0 Å². The maximum atomic E-state index is 13.6. The minimum absolute atomic E-state index is 0.0914. The van der Waals surface area contributed by atoms with Crippen molar-refractivity contribution in [3.05, 3.63) is 23.9 Å². The van der Waals surface area contributed by atoms with Crippen molar-refractivity contribution < 1.29 is 21.6 Å². The highest BCUT2D eigenvalue weighted by Gasteiger charge is 2.70. The van der Waals surface area contributed by atoms with Crippen LogP contribution < -0.4 is 10.2 Å². The van der Waals surface area contributed by atoms with Gasteiger partial charge in [-0.05, 0) is 48.8 Å². The maximum Gasteiger partial charge on any atom is 0.417 e. The molecular weight excluding hydrogens is 453 g/mol. The molecule has 0 aromatic carbocycles. The molecule has 2 aliphatic carbocycles. The van der Waals surface area contributed by atoms with Crippen LogP contribution in [0.2, 0.25) is 0 Å². The molecule has 2 bridgehead atoms. The van der Waals surface area contributed by atoms with Crippen molar-refractivity contribution >= 4 is 15.8 Å². The lowest BCUT2D eigenvalue weighted by Gasteiger charge is -2.45. The largest absolute Gasteiger partial charge is 0.417 e. The van der Waals surface area contributed by atoms with Crippen molar-refractivity contribution in [1.82, 2.24) is 14.6 Å². The van der Waals surface area contributed by atoms with Gasteiger partial charge in [0.2, 0.25) is 10.0 Å². The molecule has 2 heterocycles. The Bertz CT molecular complexity index is 974. The van der Waals surface area contributed by atoms with E-state index in [9.17, 15) is 21.6 Å². The molecule has 0 radical (unpaired) electrons. The number of piperazine rings is 1. The summed E-state index contributed by atoms with van der Waals surface area (Å²) in [6, 6.07) is 2.56. The van der Waals surface area contributed by atoms with E-state index in [1.807, 2.05) is 4.90 Å².